The maximum atomic E-state index is 5.71. The molecule has 1 saturated heterocycles. The van der Waals surface area contributed by atoms with E-state index in [0.29, 0.717) is 6.10 Å². The molecule has 2 aliphatic heterocycles. The molecule has 3 rings (SSSR count). The molecule has 3 N–H and O–H groups in total. The molecule has 0 saturated carbocycles. The van der Waals surface area contributed by atoms with Crippen molar-refractivity contribution in [3.8, 4) is 5.75 Å². The van der Waals surface area contributed by atoms with E-state index >= 15 is 0 Å². The number of benzene rings is 1. The van der Waals surface area contributed by atoms with Crippen molar-refractivity contribution in [3.63, 3.8) is 0 Å². The number of nitrogens with two attached hydrogens (primary N) is 1. The third kappa shape index (κ3) is 2.91. The highest BCUT2D eigenvalue weighted by atomic mass is 16.5. The monoisotopic (exact) mass is 262 g/mol. The van der Waals surface area contributed by atoms with Crippen molar-refractivity contribution in [2.75, 3.05) is 13.2 Å². The van der Waals surface area contributed by atoms with Gasteiger partial charge in [0.1, 0.15) is 5.75 Å². The van der Waals surface area contributed by atoms with E-state index < -0.39 is 0 Å². The normalized spacial score (nSPS) is 23.1. The van der Waals surface area contributed by atoms with Crippen LogP contribution in [0.4, 0.5) is 0 Å². The molecule has 2 atom stereocenters. The predicted molar refractivity (Wildman–Crippen MR) is 73.9 cm³/mol. The minimum absolute atomic E-state index is 0.204. The van der Waals surface area contributed by atoms with Crippen LogP contribution in [0.3, 0.4) is 0 Å². The van der Waals surface area contributed by atoms with E-state index in [1.807, 2.05) is 0 Å². The summed E-state index contributed by atoms with van der Waals surface area (Å²) >= 11 is 0. The molecule has 2 aliphatic rings. The van der Waals surface area contributed by atoms with Crippen LogP contribution in [0.1, 0.15) is 42.9 Å². The highest BCUT2D eigenvalue weighted by molar-refractivity contribution is 5.40. The van der Waals surface area contributed by atoms with Crippen molar-refractivity contribution in [1.29, 1.82) is 0 Å². The van der Waals surface area contributed by atoms with Gasteiger partial charge < -0.3 is 9.47 Å². The predicted octanol–water partition coefficient (Wildman–Crippen LogP) is 2.09. The second-order valence-electron chi connectivity index (χ2n) is 5.40. The quantitative estimate of drug-likeness (QED) is 0.630. The zero-order valence-electron chi connectivity index (χ0n) is 11.2. The third-order valence-electron chi connectivity index (χ3n) is 4.12. The molecule has 0 aliphatic carbocycles. The summed E-state index contributed by atoms with van der Waals surface area (Å²) in [5.74, 6) is 6.74. The van der Waals surface area contributed by atoms with E-state index in [2.05, 4.69) is 23.6 Å². The Hall–Kier alpha value is -1.10. The summed E-state index contributed by atoms with van der Waals surface area (Å²) in [6, 6.07) is 6.61. The van der Waals surface area contributed by atoms with E-state index in [-0.39, 0.29) is 6.04 Å². The van der Waals surface area contributed by atoms with Crippen LogP contribution in [0.2, 0.25) is 0 Å². The van der Waals surface area contributed by atoms with Crippen LogP contribution in [0.25, 0.3) is 0 Å². The van der Waals surface area contributed by atoms with Gasteiger partial charge in [0.2, 0.25) is 0 Å². The lowest BCUT2D eigenvalue weighted by atomic mass is 9.97. The second-order valence-corrected chi connectivity index (χ2v) is 5.40. The SMILES string of the molecule is NNC(CCC1CCCO1)c1ccc2c(c1)CCO2. The van der Waals surface area contributed by atoms with Gasteiger partial charge >= 0.3 is 0 Å². The first kappa shape index (κ1) is 12.9. The third-order valence-corrected chi connectivity index (χ3v) is 4.12. The Morgan fingerprint density at radius 2 is 2.32 bits per heavy atom. The Balaban J connectivity index is 1.64. The Kier molecular flexibility index (Phi) is 4.01. The second kappa shape index (κ2) is 5.90. The Bertz CT molecular complexity index is 430. The first-order valence-corrected chi connectivity index (χ1v) is 7.20. The largest absolute Gasteiger partial charge is 0.493 e. The molecule has 1 fully saturated rings. The van der Waals surface area contributed by atoms with Crippen LogP contribution in [0, 0.1) is 0 Å². The maximum absolute atomic E-state index is 5.71. The zero-order chi connectivity index (χ0) is 13.1. The molecule has 0 amide bonds. The lowest BCUT2D eigenvalue weighted by Gasteiger charge is -2.19. The first-order chi connectivity index (χ1) is 9.36. The summed E-state index contributed by atoms with van der Waals surface area (Å²) in [5.41, 5.74) is 5.49. The lowest BCUT2D eigenvalue weighted by Crippen LogP contribution is -2.28. The highest BCUT2D eigenvalue weighted by Crippen LogP contribution is 2.30. The number of ether oxygens (including phenoxy) is 2. The minimum atomic E-state index is 0.204. The van der Waals surface area contributed by atoms with Crippen molar-refractivity contribution in [1.82, 2.24) is 5.43 Å². The van der Waals surface area contributed by atoms with Gasteiger partial charge in [-0.1, -0.05) is 12.1 Å². The van der Waals surface area contributed by atoms with Crippen LogP contribution in [0.5, 0.6) is 5.75 Å². The standard InChI is InChI=1S/C15H22N2O2/c16-17-14(5-4-13-2-1-8-18-13)11-3-6-15-12(10-11)7-9-19-15/h3,6,10,13-14,17H,1-2,4-5,7-9,16H2. The molecule has 2 heterocycles. The lowest BCUT2D eigenvalue weighted by molar-refractivity contribution is 0.0996. The molecule has 0 aromatic heterocycles. The molecule has 4 nitrogen and oxygen atoms in total. The van der Waals surface area contributed by atoms with Gasteiger partial charge in [-0.25, -0.2) is 0 Å². The molecule has 1 aromatic carbocycles. The van der Waals surface area contributed by atoms with Gasteiger partial charge in [-0.2, -0.15) is 0 Å². The van der Waals surface area contributed by atoms with E-state index in [0.717, 1.165) is 38.2 Å². The number of hydrogen-bond donors (Lipinski definition) is 2. The van der Waals surface area contributed by atoms with Crippen LogP contribution in [-0.4, -0.2) is 19.3 Å². The Labute approximate surface area is 114 Å². The van der Waals surface area contributed by atoms with Gasteiger partial charge in [0.05, 0.1) is 12.7 Å². The average molecular weight is 262 g/mol. The van der Waals surface area contributed by atoms with Gasteiger partial charge in [0.15, 0.2) is 0 Å². The maximum Gasteiger partial charge on any atom is 0.122 e. The van der Waals surface area contributed by atoms with Gasteiger partial charge in [-0.05, 0) is 42.9 Å². The number of fused-ring (bicyclic) bond motifs is 1. The number of nitrogens with one attached hydrogen (secondary N) is 1. The summed E-state index contributed by atoms with van der Waals surface area (Å²) in [7, 11) is 0. The molecule has 0 spiro atoms. The van der Waals surface area contributed by atoms with Crippen molar-refractivity contribution in [3.05, 3.63) is 29.3 Å². The minimum Gasteiger partial charge on any atom is -0.493 e. The van der Waals surface area contributed by atoms with Gasteiger partial charge in [0.25, 0.3) is 0 Å². The van der Waals surface area contributed by atoms with Crippen LogP contribution in [-0.2, 0) is 11.2 Å². The van der Waals surface area contributed by atoms with Crippen molar-refractivity contribution in [2.45, 2.75) is 44.2 Å². The molecule has 2 unspecified atom stereocenters. The number of hydrogen-bond acceptors (Lipinski definition) is 4. The summed E-state index contributed by atoms with van der Waals surface area (Å²) in [6.45, 7) is 1.72. The topological polar surface area (TPSA) is 56.5 Å². The molecule has 104 valence electrons. The summed E-state index contributed by atoms with van der Waals surface area (Å²) in [6.07, 6.45) is 5.90. The average Bonchev–Trinajstić information content (AvgIpc) is 3.09. The molecule has 4 heteroatoms. The van der Waals surface area contributed by atoms with E-state index in [9.17, 15) is 0 Å². The Morgan fingerprint density at radius 3 is 3.11 bits per heavy atom. The van der Waals surface area contributed by atoms with Gasteiger partial charge in [-0.3, -0.25) is 11.3 Å². The summed E-state index contributed by atoms with van der Waals surface area (Å²) in [5, 5.41) is 0. The fourth-order valence-corrected chi connectivity index (χ4v) is 2.99. The molecule has 0 bridgehead atoms. The van der Waals surface area contributed by atoms with E-state index in [1.54, 1.807) is 0 Å². The van der Waals surface area contributed by atoms with Crippen LogP contribution >= 0.6 is 0 Å². The van der Waals surface area contributed by atoms with Crippen LogP contribution < -0.4 is 16.0 Å². The summed E-state index contributed by atoms with van der Waals surface area (Å²) < 4.78 is 11.2. The molecule has 19 heavy (non-hydrogen) atoms. The molecular formula is C15H22N2O2. The van der Waals surface area contributed by atoms with E-state index in [1.165, 1.54) is 24.0 Å². The van der Waals surface area contributed by atoms with Gasteiger partial charge in [-0.15, -0.1) is 0 Å². The Morgan fingerprint density at radius 1 is 1.37 bits per heavy atom. The first-order valence-electron chi connectivity index (χ1n) is 7.20. The van der Waals surface area contributed by atoms with Crippen molar-refractivity contribution in [2.24, 2.45) is 5.84 Å². The van der Waals surface area contributed by atoms with Gasteiger partial charge in [0, 0.05) is 19.1 Å². The summed E-state index contributed by atoms with van der Waals surface area (Å²) in [4.78, 5) is 0. The van der Waals surface area contributed by atoms with E-state index in [4.69, 9.17) is 15.3 Å². The highest BCUT2D eigenvalue weighted by Gasteiger charge is 2.20. The molecular weight excluding hydrogens is 240 g/mol. The fourth-order valence-electron chi connectivity index (χ4n) is 2.99. The van der Waals surface area contributed by atoms with Crippen molar-refractivity contribution < 1.29 is 9.47 Å². The zero-order valence-corrected chi connectivity index (χ0v) is 11.2. The van der Waals surface area contributed by atoms with Crippen molar-refractivity contribution >= 4 is 0 Å². The molecule has 1 aromatic rings. The fraction of sp³-hybridized carbons (Fsp3) is 0.600. The number of rotatable bonds is 5. The smallest absolute Gasteiger partial charge is 0.122 e. The van der Waals surface area contributed by atoms with Crippen LogP contribution in [0.15, 0.2) is 18.2 Å². The number of hydrazine groups is 1. The molecule has 0 radical (unpaired) electrons.